The van der Waals surface area contributed by atoms with Gasteiger partial charge in [-0.2, -0.15) is 5.10 Å². The van der Waals surface area contributed by atoms with Crippen LogP contribution in [-0.4, -0.2) is 53.0 Å². The summed E-state index contributed by atoms with van der Waals surface area (Å²) < 4.78 is 2.39. The van der Waals surface area contributed by atoms with E-state index in [1.807, 2.05) is 20.8 Å². The Morgan fingerprint density at radius 1 is 1.37 bits per heavy atom. The van der Waals surface area contributed by atoms with Gasteiger partial charge < -0.3 is 22.0 Å². The van der Waals surface area contributed by atoms with E-state index in [0.717, 1.165) is 16.7 Å². The molecule has 6 heteroatoms. The molecule has 0 aliphatic rings. The van der Waals surface area contributed by atoms with Gasteiger partial charge in [-0.25, -0.2) is 4.79 Å². The number of aromatic nitrogens is 2. The van der Waals surface area contributed by atoms with Gasteiger partial charge in [-0.1, -0.05) is 20.8 Å². The summed E-state index contributed by atoms with van der Waals surface area (Å²) in [5.41, 5.74) is 0.959. The molecule has 19 heavy (non-hydrogen) atoms. The molecular formula is C13H24ClN3O2. The van der Waals surface area contributed by atoms with E-state index >= 15 is 0 Å². The van der Waals surface area contributed by atoms with E-state index in [9.17, 15) is 9.90 Å². The van der Waals surface area contributed by atoms with Gasteiger partial charge >= 0.3 is 5.97 Å². The van der Waals surface area contributed by atoms with E-state index < -0.39 is 5.97 Å². The van der Waals surface area contributed by atoms with Crippen molar-refractivity contribution < 1.29 is 26.8 Å². The molecular weight excluding hydrogens is 266 g/mol. The highest BCUT2D eigenvalue weighted by molar-refractivity contribution is 5.85. The van der Waals surface area contributed by atoms with Crippen LogP contribution in [0.3, 0.4) is 0 Å². The minimum atomic E-state index is -0.917. The number of hydrogen-bond donors (Lipinski definition) is 1. The van der Waals surface area contributed by atoms with Crippen molar-refractivity contribution in [3.63, 3.8) is 0 Å². The smallest absolute Gasteiger partial charge is 0.354 e. The largest absolute Gasteiger partial charge is 1.00 e. The molecule has 0 saturated carbocycles. The lowest BCUT2D eigenvalue weighted by atomic mass is 9.92. The lowest BCUT2D eigenvalue weighted by Gasteiger charge is -2.23. The van der Waals surface area contributed by atoms with Crippen LogP contribution in [0.4, 0.5) is 0 Å². The van der Waals surface area contributed by atoms with Crippen LogP contribution < -0.4 is 12.4 Å². The van der Waals surface area contributed by atoms with Crippen molar-refractivity contribution >= 4 is 5.97 Å². The van der Waals surface area contributed by atoms with Crippen molar-refractivity contribution in [2.75, 3.05) is 27.7 Å². The lowest BCUT2D eigenvalue weighted by molar-refractivity contribution is -0.871. The maximum absolute atomic E-state index is 11.2. The highest BCUT2D eigenvalue weighted by Crippen LogP contribution is 2.21. The molecule has 1 N–H and O–H groups in total. The summed E-state index contributed by atoms with van der Waals surface area (Å²) in [7, 11) is 6.23. The average molecular weight is 290 g/mol. The molecule has 1 heterocycles. The topological polar surface area (TPSA) is 55.1 Å². The number of hydrogen-bond acceptors (Lipinski definition) is 2. The van der Waals surface area contributed by atoms with Crippen LogP contribution in [0.5, 0.6) is 0 Å². The van der Waals surface area contributed by atoms with Crippen LogP contribution in [0.25, 0.3) is 0 Å². The minimum Gasteiger partial charge on any atom is -1.00 e. The molecule has 0 radical (unpaired) electrons. The van der Waals surface area contributed by atoms with E-state index in [4.69, 9.17) is 0 Å². The quantitative estimate of drug-likeness (QED) is 0.693. The van der Waals surface area contributed by atoms with E-state index in [2.05, 4.69) is 26.2 Å². The summed E-state index contributed by atoms with van der Waals surface area (Å²) in [4.78, 5) is 11.2. The van der Waals surface area contributed by atoms with Crippen LogP contribution in [0, 0.1) is 0 Å². The van der Waals surface area contributed by atoms with Crippen LogP contribution in [-0.2, 0) is 12.0 Å². The van der Waals surface area contributed by atoms with Crippen molar-refractivity contribution in [2.24, 2.45) is 0 Å². The molecule has 0 aromatic carbocycles. The summed E-state index contributed by atoms with van der Waals surface area (Å²) in [6, 6.07) is 1.68. The zero-order valence-corrected chi connectivity index (χ0v) is 13.3. The van der Waals surface area contributed by atoms with Crippen molar-refractivity contribution in [2.45, 2.75) is 32.7 Å². The van der Waals surface area contributed by atoms with Gasteiger partial charge in [-0.05, 0) is 6.07 Å². The third-order valence-electron chi connectivity index (χ3n) is 2.75. The Balaban J connectivity index is 0.00000324. The molecule has 1 aromatic rings. The van der Waals surface area contributed by atoms with Crippen molar-refractivity contribution in [3.8, 4) is 0 Å². The maximum atomic E-state index is 11.2. The minimum absolute atomic E-state index is 0. The fourth-order valence-electron chi connectivity index (χ4n) is 1.52. The monoisotopic (exact) mass is 289 g/mol. The second-order valence-corrected chi connectivity index (χ2v) is 6.71. The predicted molar refractivity (Wildman–Crippen MR) is 70.8 cm³/mol. The molecule has 1 aromatic heterocycles. The number of aromatic carboxylic acids is 1. The third kappa shape index (κ3) is 5.20. The fraction of sp³-hybridized carbons (Fsp3) is 0.692. The van der Waals surface area contributed by atoms with Gasteiger partial charge in [0.15, 0.2) is 0 Å². The first-order valence-corrected chi connectivity index (χ1v) is 6.13. The first-order chi connectivity index (χ1) is 8.00. The normalized spacial score (nSPS) is 12.1. The van der Waals surface area contributed by atoms with E-state index in [1.165, 1.54) is 0 Å². The molecule has 0 aliphatic carbocycles. The number of rotatable bonds is 4. The summed E-state index contributed by atoms with van der Waals surface area (Å²) in [6.45, 7) is 7.55. The Bertz CT molecular complexity index is 442. The summed E-state index contributed by atoms with van der Waals surface area (Å²) >= 11 is 0. The molecule has 0 saturated heterocycles. The van der Waals surface area contributed by atoms with Gasteiger partial charge in [-0.3, -0.25) is 4.68 Å². The van der Waals surface area contributed by atoms with Crippen LogP contribution in [0.15, 0.2) is 6.07 Å². The van der Waals surface area contributed by atoms with Crippen molar-refractivity contribution in [3.05, 3.63) is 17.5 Å². The number of carboxylic acids is 1. The Labute approximate surface area is 121 Å². The first kappa shape index (κ1) is 17.9. The van der Waals surface area contributed by atoms with E-state index in [0.29, 0.717) is 6.54 Å². The standard InChI is InChI=1S/C13H23N3O2.ClH/c1-13(2,3)11-9-10(12(17)18)15(14-11)7-8-16(4,5)6;/h9H,7-8H2,1-6H3;1H. The predicted octanol–water partition coefficient (Wildman–Crippen LogP) is -1.41. The fourth-order valence-corrected chi connectivity index (χ4v) is 1.52. The molecule has 5 nitrogen and oxygen atoms in total. The third-order valence-corrected chi connectivity index (χ3v) is 2.75. The number of carbonyl (C=O) groups is 1. The van der Waals surface area contributed by atoms with E-state index in [-0.39, 0.29) is 23.5 Å². The second kappa shape index (κ2) is 5.92. The molecule has 0 fully saturated rings. The number of halogens is 1. The van der Waals surface area contributed by atoms with Crippen LogP contribution in [0.1, 0.15) is 37.0 Å². The Morgan fingerprint density at radius 2 is 1.89 bits per heavy atom. The van der Waals surface area contributed by atoms with Gasteiger partial charge in [0.1, 0.15) is 5.69 Å². The maximum Gasteiger partial charge on any atom is 0.354 e. The van der Waals surface area contributed by atoms with Crippen molar-refractivity contribution in [1.29, 1.82) is 0 Å². The zero-order chi connectivity index (χ0) is 14.1. The van der Waals surface area contributed by atoms with Gasteiger partial charge in [-0.15, -0.1) is 0 Å². The Kier molecular flexibility index (Phi) is 5.59. The van der Waals surface area contributed by atoms with Crippen molar-refractivity contribution in [1.82, 2.24) is 9.78 Å². The highest BCUT2D eigenvalue weighted by atomic mass is 35.5. The van der Waals surface area contributed by atoms with Gasteiger partial charge in [0.25, 0.3) is 0 Å². The molecule has 0 spiro atoms. The molecule has 0 unspecified atom stereocenters. The Hall–Kier alpha value is -1.07. The number of likely N-dealkylation sites (N-methyl/N-ethyl adjacent to an activating group) is 1. The summed E-state index contributed by atoms with van der Waals surface area (Å²) in [5, 5.41) is 13.6. The number of carboxylic acid groups (broad SMARTS) is 1. The molecule has 0 aliphatic heterocycles. The number of quaternary nitrogens is 1. The van der Waals surface area contributed by atoms with Gasteiger partial charge in [0, 0.05) is 5.41 Å². The second-order valence-electron chi connectivity index (χ2n) is 6.71. The van der Waals surface area contributed by atoms with Crippen LogP contribution >= 0.6 is 0 Å². The zero-order valence-electron chi connectivity index (χ0n) is 12.6. The van der Waals surface area contributed by atoms with Gasteiger partial charge in [0.05, 0.1) is 39.9 Å². The molecule has 110 valence electrons. The van der Waals surface area contributed by atoms with Gasteiger partial charge in [0.2, 0.25) is 0 Å². The molecule has 1 rings (SSSR count). The number of nitrogens with zero attached hydrogens (tertiary/aromatic N) is 3. The van der Waals surface area contributed by atoms with E-state index in [1.54, 1.807) is 10.7 Å². The highest BCUT2D eigenvalue weighted by Gasteiger charge is 2.23. The SMILES string of the molecule is CC(C)(C)c1cc(C(=O)O)n(CC[N+](C)(C)C)n1.[Cl-]. The molecule has 0 amide bonds. The first-order valence-electron chi connectivity index (χ1n) is 6.13. The summed E-state index contributed by atoms with van der Waals surface area (Å²) in [6.07, 6.45) is 0. The van der Waals surface area contributed by atoms with Crippen LogP contribution in [0.2, 0.25) is 0 Å². The molecule has 0 bridgehead atoms. The average Bonchev–Trinajstić information content (AvgIpc) is 2.56. The molecule has 0 atom stereocenters. The lowest BCUT2D eigenvalue weighted by Crippen LogP contribution is -3.00. The Morgan fingerprint density at radius 3 is 2.26 bits per heavy atom. The summed E-state index contributed by atoms with van der Waals surface area (Å²) in [5.74, 6) is -0.917.